The molecule has 0 radical (unpaired) electrons. The first kappa shape index (κ1) is 20.3. The highest BCUT2D eigenvalue weighted by Crippen LogP contribution is 2.53. The molecule has 4 aromatic rings. The Kier molecular flexibility index (Phi) is 4.05. The zero-order chi connectivity index (χ0) is 24.1. The number of hydrogen-bond acceptors (Lipinski definition) is 1. The smallest absolute Gasteiger partial charge is 0.0637 e. The highest BCUT2D eigenvalue weighted by molar-refractivity contribution is 5.93. The summed E-state index contributed by atoms with van der Waals surface area (Å²) in [4.78, 5) is 2.67. The van der Waals surface area contributed by atoms with Crippen molar-refractivity contribution in [2.24, 2.45) is 5.92 Å². The van der Waals surface area contributed by atoms with Gasteiger partial charge in [-0.3, -0.25) is 0 Å². The number of aromatic nitrogens is 1. The summed E-state index contributed by atoms with van der Waals surface area (Å²) in [6.07, 6.45) is 12.5. The van der Waals surface area contributed by atoms with Gasteiger partial charge in [-0.1, -0.05) is 54.1 Å². The van der Waals surface area contributed by atoms with Crippen LogP contribution in [0.15, 0.2) is 101 Å². The molecule has 2 heteroatoms. The van der Waals surface area contributed by atoms with Crippen molar-refractivity contribution in [1.82, 2.24) is 4.57 Å². The van der Waals surface area contributed by atoms with Crippen LogP contribution in [-0.4, -0.2) is 10.6 Å². The van der Waals surface area contributed by atoms with Gasteiger partial charge in [0.05, 0.1) is 6.04 Å². The van der Waals surface area contributed by atoms with E-state index in [4.69, 9.17) is 0 Å². The number of para-hydroxylation sites is 1. The van der Waals surface area contributed by atoms with Gasteiger partial charge in [0.15, 0.2) is 0 Å². The molecule has 3 aromatic carbocycles. The predicted molar refractivity (Wildman–Crippen MR) is 152 cm³/mol. The Labute approximate surface area is 218 Å². The van der Waals surface area contributed by atoms with Crippen molar-refractivity contribution in [3.63, 3.8) is 0 Å². The fourth-order valence-electron chi connectivity index (χ4n) is 7.62. The molecule has 2 atom stereocenters. The van der Waals surface area contributed by atoms with Crippen molar-refractivity contribution in [2.75, 3.05) is 4.90 Å². The minimum atomic E-state index is 0.385. The molecule has 2 unspecified atom stereocenters. The topological polar surface area (TPSA) is 8.17 Å². The van der Waals surface area contributed by atoms with Crippen LogP contribution in [0.5, 0.6) is 0 Å². The molecular formula is C35H30N2. The zero-order valence-corrected chi connectivity index (χ0v) is 21.1. The molecule has 37 heavy (non-hydrogen) atoms. The van der Waals surface area contributed by atoms with Crippen molar-refractivity contribution in [3.8, 4) is 0 Å². The summed E-state index contributed by atoms with van der Waals surface area (Å²) in [7, 11) is 0. The number of aryl methyl sites for hydroxylation is 2. The number of anilines is 1. The van der Waals surface area contributed by atoms with Crippen LogP contribution in [0.25, 0.3) is 17.0 Å². The highest BCUT2D eigenvalue weighted by atomic mass is 15.2. The van der Waals surface area contributed by atoms with Gasteiger partial charge in [-0.25, -0.2) is 0 Å². The molecule has 1 aliphatic heterocycles. The lowest BCUT2D eigenvalue weighted by molar-refractivity contribution is 0.434. The quantitative estimate of drug-likeness (QED) is 0.294. The third-order valence-electron chi connectivity index (χ3n) is 9.77. The van der Waals surface area contributed by atoms with E-state index in [-0.39, 0.29) is 0 Å². The normalized spacial score (nSPS) is 22.8. The minimum absolute atomic E-state index is 0.385. The minimum Gasteiger partial charge on any atom is -0.336 e. The van der Waals surface area contributed by atoms with E-state index in [0.717, 1.165) is 18.9 Å². The number of fused-ring (bicyclic) bond motifs is 7. The molecule has 0 N–H and O–H groups in total. The first-order chi connectivity index (χ1) is 18.3. The molecule has 1 aromatic heterocycles. The molecule has 5 aliphatic rings. The van der Waals surface area contributed by atoms with Crippen LogP contribution in [-0.2, 0) is 25.8 Å². The van der Waals surface area contributed by atoms with E-state index in [0.29, 0.717) is 6.04 Å². The van der Waals surface area contributed by atoms with Crippen molar-refractivity contribution in [1.29, 1.82) is 0 Å². The lowest BCUT2D eigenvalue weighted by Crippen LogP contribution is -2.34. The van der Waals surface area contributed by atoms with Gasteiger partial charge < -0.3 is 9.47 Å². The summed E-state index contributed by atoms with van der Waals surface area (Å²) < 4.78 is 2.63. The second kappa shape index (κ2) is 7.38. The first-order valence-corrected chi connectivity index (χ1v) is 14.0. The molecule has 9 rings (SSSR count). The van der Waals surface area contributed by atoms with E-state index in [2.05, 4.69) is 94.4 Å². The van der Waals surface area contributed by atoms with Crippen LogP contribution in [0.3, 0.4) is 0 Å². The van der Waals surface area contributed by atoms with Gasteiger partial charge in [-0.05, 0) is 108 Å². The van der Waals surface area contributed by atoms with Crippen molar-refractivity contribution in [3.05, 3.63) is 129 Å². The zero-order valence-electron chi connectivity index (χ0n) is 21.1. The molecule has 4 aliphatic carbocycles. The average Bonchev–Trinajstić information content (AvgIpc) is 3.37. The second-order valence-corrected chi connectivity index (χ2v) is 11.6. The maximum atomic E-state index is 2.67. The maximum Gasteiger partial charge on any atom is 0.0637 e. The Balaban J connectivity index is 1.27. The van der Waals surface area contributed by atoms with E-state index >= 15 is 0 Å². The van der Waals surface area contributed by atoms with Crippen molar-refractivity contribution < 1.29 is 0 Å². The number of benzene rings is 3. The number of nitrogens with zero attached hydrogens (tertiary/aromatic N) is 2. The third kappa shape index (κ3) is 2.82. The molecule has 0 saturated heterocycles. The Bertz CT molecular complexity index is 1700. The maximum absolute atomic E-state index is 2.67. The van der Waals surface area contributed by atoms with Crippen molar-refractivity contribution >= 4 is 22.7 Å². The molecule has 2 nitrogen and oxygen atoms in total. The largest absolute Gasteiger partial charge is 0.336 e. The van der Waals surface area contributed by atoms with Gasteiger partial charge in [0.2, 0.25) is 0 Å². The second-order valence-electron chi connectivity index (χ2n) is 11.6. The lowest BCUT2D eigenvalue weighted by Gasteiger charge is -2.35. The molecule has 180 valence electrons. The van der Waals surface area contributed by atoms with Crippen LogP contribution in [0, 0.1) is 5.92 Å². The highest BCUT2D eigenvalue weighted by Gasteiger charge is 2.44. The summed E-state index contributed by atoms with van der Waals surface area (Å²) >= 11 is 0. The van der Waals surface area contributed by atoms with Crippen LogP contribution < -0.4 is 4.90 Å². The van der Waals surface area contributed by atoms with Crippen LogP contribution in [0.1, 0.15) is 47.2 Å². The average molecular weight is 479 g/mol. The van der Waals surface area contributed by atoms with E-state index in [1.54, 1.807) is 33.4 Å². The van der Waals surface area contributed by atoms with Crippen LogP contribution >= 0.6 is 0 Å². The van der Waals surface area contributed by atoms with Gasteiger partial charge in [-0.2, -0.15) is 0 Å². The molecule has 1 saturated carbocycles. The van der Waals surface area contributed by atoms with E-state index in [1.165, 1.54) is 65.6 Å². The Morgan fingerprint density at radius 1 is 0.784 bits per heavy atom. The van der Waals surface area contributed by atoms with Gasteiger partial charge in [0.1, 0.15) is 0 Å². The summed E-state index contributed by atoms with van der Waals surface area (Å²) in [5, 5.41) is 1.48. The lowest BCUT2D eigenvalue weighted by atomic mass is 9.71. The summed E-state index contributed by atoms with van der Waals surface area (Å²) in [6.45, 7) is 0.931. The fourth-order valence-corrected chi connectivity index (χ4v) is 7.62. The van der Waals surface area contributed by atoms with Crippen LogP contribution in [0.2, 0.25) is 0 Å². The number of allylic oxidation sites excluding steroid dienone is 2. The summed E-state index contributed by atoms with van der Waals surface area (Å²) in [6, 6.07) is 27.6. The van der Waals surface area contributed by atoms with Gasteiger partial charge >= 0.3 is 0 Å². The van der Waals surface area contributed by atoms with Crippen molar-refractivity contribution in [2.45, 2.75) is 51.1 Å². The van der Waals surface area contributed by atoms with E-state index in [1.807, 2.05) is 0 Å². The standard InChI is InChI=1S/C35H30N2/c1-3-7-22(8-4-1)21-36-32-17-25-13-11-23(25)15-28(32)30-20-35-31(19-33(30)36)29-16-24-12-14-26(24)18-34(29)37(35)27-9-5-2-6-10-27/h1-10,15,17-19,24,35H,11-14,16,20-21H2. The third-order valence-corrected chi connectivity index (χ3v) is 9.77. The Morgan fingerprint density at radius 3 is 2.32 bits per heavy atom. The van der Waals surface area contributed by atoms with Gasteiger partial charge in [0, 0.05) is 40.9 Å². The van der Waals surface area contributed by atoms with Crippen LogP contribution in [0.4, 0.5) is 5.69 Å². The summed E-state index contributed by atoms with van der Waals surface area (Å²) in [5.41, 5.74) is 16.6. The Morgan fingerprint density at radius 2 is 1.57 bits per heavy atom. The van der Waals surface area contributed by atoms with Gasteiger partial charge in [-0.15, -0.1) is 0 Å². The Hall–Kier alpha value is -3.78. The number of hydrogen-bond donors (Lipinski definition) is 0. The predicted octanol–water partition coefficient (Wildman–Crippen LogP) is 7.61. The fraction of sp³-hybridized carbons (Fsp3) is 0.257. The molecule has 0 bridgehead atoms. The first-order valence-electron chi connectivity index (χ1n) is 14.0. The number of rotatable bonds is 3. The molecule has 0 spiro atoms. The van der Waals surface area contributed by atoms with E-state index in [9.17, 15) is 0 Å². The van der Waals surface area contributed by atoms with E-state index < -0.39 is 0 Å². The summed E-state index contributed by atoms with van der Waals surface area (Å²) in [5.74, 6) is 0.770. The SMILES string of the molecule is C1=C2CCC2CC2=C1N(c1ccccc1)C1Cc3c(n(Cc4ccccc4)c4cc5c(cc34)CC5)C=C21. The van der Waals surface area contributed by atoms with Gasteiger partial charge in [0.25, 0.3) is 0 Å². The molecule has 2 heterocycles. The molecule has 1 fully saturated rings. The monoisotopic (exact) mass is 478 g/mol. The molecular weight excluding hydrogens is 448 g/mol. The molecule has 0 amide bonds.